The van der Waals surface area contributed by atoms with Crippen LogP contribution in [0.2, 0.25) is 10.0 Å². The minimum Gasteiger partial charge on any atom is -0.339 e. The highest BCUT2D eigenvalue weighted by Gasteiger charge is 2.28. The summed E-state index contributed by atoms with van der Waals surface area (Å²) in [4.78, 5) is 4.35. The van der Waals surface area contributed by atoms with Gasteiger partial charge in [-0.05, 0) is 54.8 Å². The van der Waals surface area contributed by atoms with E-state index in [1.165, 1.54) is 16.7 Å². The fourth-order valence-corrected chi connectivity index (χ4v) is 4.08. The summed E-state index contributed by atoms with van der Waals surface area (Å²) in [5.41, 5.74) is 4.74. The lowest BCUT2D eigenvalue weighted by Crippen LogP contribution is -2.24. The number of aromatic nitrogens is 2. The molecule has 0 radical (unpaired) electrons. The molecule has 2 atom stereocenters. The van der Waals surface area contributed by atoms with E-state index in [1.54, 1.807) is 6.92 Å². The Morgan fingerprint density at radius 1 is 1.04 bits per heavy atom. The summed E-state index contributed by atoms with van der Waals surface area (Å²) in [7, 11) is 2.00. The zero-order chi connectivity index (χ0) is 18.3. The molecule has 2 aromatic carbocycles. The van der Waals surface area contributed by atoms with Crippen molar-refractivity contribution >= 4 is 23.2 Å². The van der Waals surface area contributed by atoms with Gasteiger partial charge in [-0.1, -0.05) is 46.6 Å². The second kappa shape index (κ2) is 7.03. The summed E-state index contributed by atoms with van der Waals surface area (Å²) in [5, 5.41) is 8.65. The van der Waals surface area contributed by atoms with Crippen LogP contribution in [0.3, 0.4) is 0 Å². The van der Waals surface area contributed by atoms with Gasteiger partial charge in [0.05, 0.1) is 10.0 Å². The molecule has 1 aromatic heterocycles. The molecule has 6 heteroatoms. The van der Waals surface area contributed by atoms with Gasteiger partial charge in [-0.3, -0.25) is 0 Å². The summed E-state index contributed by atoms with van der Waals surface area (Å²) in [6.07, 6.45) is 2.10. The largest absolute Gasteiger partial charge is 0.339 e. The summed E-state index contributed by atoms with van der Waals surface area (Å²) < 4.78 is 5.13. The monoisotopic (exact) mass is 387 g/mol. The van der Waals surface area contributed by atoms with Crippen LogP contribution in [0.25, 0.3) is 11.4 Å². The smallest absolute Gasteiger partial charge is 0.223 e. The molecule has 0 amide bonds. The number of hydrogen-bond acceptors (Lipinski definition) is 4. The number of aryl methyl sites for hydroxylation is 1. The van der Waals surface area contributed by atoms with Gasteiger partial charge in [0.15, 0.2) is 0 Å². The fraction of sp³-hybridized carbons (Fsp3) is 0.300. The molecule has 0 saturated carbocycles. The first-order valence-electron chi connectivity index (χ1n) is 8.63. The van der Waals surface area contributed by atoms with Crippen molar-refractivity contribution in [2.24, 2.45) is 0 Å². The van der Waals surface area contributed by atoms with Crippen LogP contribution in [0.5, 0.6) is 0 Å². The van der Waals surface area contributed by atoms with Gasteiger partial charge < -0.3 is 9.84 Å². The summed E-state index contributed by atoms with van der Waals surface area (Å²) >= 11 is 12.3. The molecule has 26 heavy (non-hydrogen) atoms. The van der Waals surface area contributed by atoms with Gasteiger partial charge in [-0.2, -0.15) is 4.98 Å². The predicted molar refractivity (Wildman–Crippen MR) is 104 cm³/mol. The van der Waals surface area contributed by atoms with E-state index in [-0.39, 0.29) is 0 Å². The lowest BCUT2D eigenvalue weighted by atomic mass is 9.76. The minimum absolute atomic E-state index is 0.297. The van der Waals surface area contributed by atoms with E-state index >= 15 is 0 Å². The summed E-state index contributed by atoms with van der Waals surface area (Å²) in [5.74, 6) is 1.49. The van der Waals surface area contributed by atoms with E-state index in [9.17, 15) is 0 Å². The Labute approximate surface area is 162 Å². The van der Waals surface area contributed by atoms with Gasteiger partial charge in [-0.25, -0.2) is 0 Å². The number of hydrogen-bond donors (Lipinski definition) is 1. The Bertz CT molecular complexity index is 954. The van der Waals surface area contributed by atoms with Crippen LogP contribution in [0.1, 0.15) is 47.4 Å². The Balaban J connectivity index is 1.79. The van der Waals surface area contributed by atoms with Crippen LogP contribution in [-0.2, 0) is 0 Å². The van der Waals surface area contributed by atoms with E-state index < -0.39 is 0 Å². The normalized spacial score (nSPS) is 19.4. The van der Waals surface area contributed by atoms with Crippen molar-refractivity contribution in [3.8, 4) is 11.4 Å². The molecule has 1 N–H and O–H groups in total. The molecule has 2 unspecified atom stereocenters. The minimum atomic E-state index is 0.297. The summed E-state index contributed by atoms with van der Waals surface area (Å²) in [6, 6.07) is 12.6. The van der Waals surface area contributed by atoms with Gasteiger partial charge in [0, 0.05) is 24.4 Å². The van der Waals surface area contributed by atoms with Crippen molar-refractivity contribution < 1.29 is 4.52 Å². The Morgan fingerprint density at radius 3 is 2.58 bits per heavy atom. The van der Waals surface area contributed by atoms with E-state index in [0.29, 0.717) is 33.7 Å². The molecule has 3 aromatic rings. The molecule has 0 spiro atoms. The average Bonchev–Trinajstić information content (AvgIpc) is 3.09. The lowest BCUT2D eigenvalue weighted by molar-refractivity contribution is 0.394. The second-order valence-electron chi connectivity index (χ2n) is 6.63. The maximum absolute atomic E-state index is 6.25. The molecule has 0 saturated heterocycles. The molecule has 0 fully saturated rings. The average molecular weight is 388 g/mol. The second-order valence-corrected chi connectivity index (χ2v) is 7.44. The van der Waals surface area contributed by atoms with Crippen LogP contribution >= 0.6 is 23.2 Å². The topological polar surface area (TPSA) is 51.0 Å². The third-order valence-corrected chi connectivity index (χ3v) is 5.80. The number of fused-ring (bicyclic) bond motifs is 1. The number of nitrogens with zero attached hydrogens (tertiary/aromatic N) is 2. The molecule has 1 aliphatic rings. The number of halogens is 2. The molecule has 1 aliphatic carbocycles. The molecule has 4 nitrogen and oxygen atoms in total. The van der Waals surface area contributed by atoms with Crippen molar-refractivity contribution in [3.05, 3.63) is 69.0 Å². The maximum atomic E-state index is 6.25. The predicted octanol–water partition coefficient (Wildman–Crippen LogP) is 5.54. The highest BCUT2D eigenvalue weighted by molar-refractivity contribution is 6.42. The Kier molecular flexibility index (Phi) is 4.74. The third kappa shape index (κ3) is 3.13. The van der Waals surface area contributed by atoms with Crippen molar-refractivity contribution in [2.45, 2.75) is 31.7 Å². The van der Waals surface area contributed by atoms with Crippen molar-refractivity contribution in [2.75, 3.05) is 7.05 Å². The zero-order valence-electron chi connectivity index (χ0n) is 14.6. The number of benzene rings is 2. The molecular formula is C20H19Cl2N3O. The highest BCUT2D eigenvalue weighted by Crippen LogP contribution is 2.43. The first kappa shape index (κ1) is 17.5. The van der Waals surface area contributed by atoms with E-state index in [2.05, 4.69) is 39.7 Å². The standard InChI is InChI=1S/C20H19Cl2N3O/c1-11-24-20(25-26-11)13-3-5-15-14(6-8-19(23-2)16(15)9-13)12-4-7-17(21)18(22)10-12/h3-5,7,9-10,14,19,23H,6,8H2,1-2H3. The van der Waals surface area contributed by atoms with Gasteiger partial charge in [0.1, 0.15) is 0 Å². The zero-order valence-corrected chi connectivity index (χ0v) is 16.1. The van der Waals surface area contributed by atoms with Crippen LogP contribution in [0.15, 0.2) is 40.9 Å². The molecule has 4 rings (SSSR count). The quantitative estimate of drug-likeness (QED) is 0.640. The van der Waals surface area contributed by atoms with Crippen LogP contribution in [0.4, 0.5) is 0 Å². The molecule has 0 aliphatic heterocycles. The third-order valence-electron chi connectivity index (χ3n) is 5.06. The van der Waals surface area contributed by atoms with Crippen LogP contribution in [0, 0.1) is 6.92 Å². The highest BCUT2D eigenvalue weighted by atomic mass is 35.5. The van der Waals surface area contributed by atoms with Gasteiger partial charge in [0.2, 0.25) is 11.7 Å². The van der Waals surface area contributed by atoms with Gasteiger partial charge in [-0.15, -0.1) is 0 Å². The molecule has 134 valence electrons. The van der Waals surface area contributed by atoms with Gasteiger partial charge in [0.25, 0.3) is 0 Å². The number of nitrogens with one attached hydrogen (secondary N) is 1. The van der Waals surface area contributed by atoms with Crippen molar-refractivity contribution in [1.29, 1.82) is 0 Å². The Morgan fingerprint density at radius 2 is 1.88 bits per heavy atom. The van der Waals surface area contributed by atoms with Crippen LogP contribution < -0.4 is 5.32 Å². The van der Waals surface area contributed by atoms with Crippen molar-refractivity contribution in [3.63, 3.8) is 0 Å². The first-order valence-corrected chi connectivity index (χ1v) is 9.39. The maximum Gasteiger partial charge on any atom is 0.223 e. The summed E-state index contributed by atoms with van der Waals surface area (Å²) in [6.45, 7) is 1.80. The molecule has 0 bridgehead atoms. The molecule has 1 heterocycles. The lowest BCUT2D eigenvalue weighted by Gasteiger charge is -2.32. The first-order chi connectivity index (χ1) is 12.6. The van der Waals surface area contributed by atoms with E-state index in [0.717, 1.165) is 18.4 Å². The van der Waals surface area contributed by atoms with Crippen molar-refractivity contribution in [1.82, 2.24) is 15.5 Å². The van der Waals surface area contributed by atoms with Gasteiger partial charge >= 0.3 is 0 Å². The van der Waals surface area contributed by atoms with E-state index in [1.807, 2.05) is 19.2 Å². The number of rotatable bonds is 3. The Hall–Kier alpha value is -1.88. The molecular weight excluding hydrogens is 369 g/mol. The fourth-order valence-electron chi connectivity index (χ4n) is 3.77. The van der Waals surface area contributed by atoms with Crippen LogP contribution in [-0.4, -0.2) is 17.2 Å². The SMILES string of the molecule is CNC1CCC(c2ccc(Cl)c(Cl)c2)c2ccc(-c3noc(C)n3)cc21. The van der Waals surface area contributed by atoms with E-state index in [4.69, 9.17) is 27.7 Å².